The van der Waals surface area contributed by atoms with Gasteiger partial charge in [-0.25, -0.2) is 4.57 Å². The molecule has 18 atom stereocenters. The quantitative estimate of drug-likeness (QED) is 0.00886. The number of rotatable bonds is 59. The number of aliphatic hydroxyl groups is 10. The number of aliphatic hydroxyl groups excluding tert-OH is 10. The minimum absolute atomic E-state index is 0.00714. The van der Waals surface area contributed by atoms with Crippen LogP contribution in [0.3, 0.4) is 0 Å². The summed E-state index contributed by atoms with van der Waals surface area (Å²) in [7, 11) is -5.70. The molecule has 25 heteroatoms. The van der Waals surface area contributed by atoms with Crippen molar-refractivity contribution in [1.29, 1.82) is 0 Å². The number of phosphoric acid groups is 1. The summed E-state index contributed by atoms with van der Waals surface area (Å²) >= 11 is 0. The van der Waals surface area contributed by atoms with E-state index in [9.17, 15) is 74.9 Å². The van der Waals surface area contributed by atoms with Gasteiger partial charge in [0.1, 0.15) is 98.7 Å². The molecule has 18 unspecified atom stereocenters. The van der Waals surface area contributed by atoms with E-state index in [0.717, 1.165) is 135 Å². The third-order valence-electron chi connectivity index (χ3n) is 18.6. The summed E-state index contributed by atoms with van der Waals surface area (Å²) in [5.74, 6) is -2.02. The molecular formula is C74H133O24P. The Morgan fingerprint density at radius 1 is 0.384 bits per heavy atom. The standard InChI is InChI=1S/C74H133O24P/c1-4-7-10-13-16-19-22-25-28-31-34-36-39-42-45-48-58(76)90-52-55(93-60(78)50-47-44-41-38-35-32-29-26-23-20-17-14-11-8-5-2)53-92-99(88,89)98-72-70(96-73-68(86)63(81)61(79)56(51-75)94-73)66(84)65(83)67(85)71(72)97-74-69(87)64(82)62(80)57(95-74)54-91-59(77)49-46-43-40-37-33-30-27-24-21-18-15-12-9-6-3/h19-20,22-23,30,33,55-57,61-75,79-87H,4-18,21,24-29,31-32,34-54H2,1-3H3,(H,88,89)/b22-19-,23-20-,33-30-. The van der Waals surface area contributed by atoms with Crippen LogP contribution in [-0.2, 0) is 61.2 Å². The molecular weight excluding hydrogens is 1300 g/mol. The molecule has 2 heterocycles. The molecule has 0 aromatic rings. The topological polar surface area (TPSA) is 374 Å². The van der Waals surface area contributed by atoms with Gasteiger partial charge in [-0.2, -0.15) is 0 Å². The fourth-order valence-corrected chi connectivity index (χ4v) is 13.3. The Hall–Kier alpha value is -2.82. The second kappa shape index (κ2) is 55.6. The summed E-state index contributed by atoms with van der Waals surface area (Å²) in [5, 5.41) is 110. The first-order valence-electron chi connectivity index (χ1n) is 38.3. The van der Waals surface area contributed by atoms with Crippen molar-refractivity contribution in [3.63, 3.8) is 0 Å². The largest absolute Gasteiger partial charge is 0.472 e. The summed E-state index contributed by atoms with van der Waals surface area (Å²) in [6.07, 6.45) is 17.7. The van der Waals surface area contributed by atoms with Gasteiger partial charge in [-0.1, -0.05) is 205 Å². The highest BCUT2D eigenvalue weighted by atomic mass is 31.2. The van der Waals surface area contributed by atoms with Crippen molar-refractivity contribution >= 4 is 25.7 Å². The Bertz CT molecular complexity index is 2190. The Morgan fingerprint density at radius 2 is 0.707 bits per heavy atom. The first-order valence-corrected chi connectivity index (χ1v) is 39.8. The Balaban J connectivity index is 1.74. The number of ether oxygens (including phenoxy) is 7. The van der Waals surface area contributed by atoms with E-state index < -0.39 is 156 Å². The van der Waals surface area contributed by atoms with Crippen LogP contribution in [0, 0.1) is 0 Å². The number of unbranched alkanes of at least 4 members (excludes halogenated alkanes) is 32. The molecule has 0 radical (unpaired) electrons. The first kappa shape index (κ1) is 90.4. The molecule has 99 heavy (non-hydrogen) atoms. The van der Waals surface area contributed by atoms with Gasteiger partial charge in [-0.15, -0.1) is 0 Å². The fraction of sp³-hybridized carbons (Fsp3) is 0.878. The van der Waals surface area contributed by atoms with Gasteiger partial charge in [-0.05, 0) is 96.3 Å². The molecule has 0 aromatic heterocycles. The third-order valence-corrected chi connectivity index (χ3v) is 19.6. The lowest BCUT2D eigenvalue weighted by atomic mass is 9.84. The molecule has 2 saturated heterocycles. The van der Waals surface area contributed by atoms with Crippen LogP contribution in [0.1, 0.15) is 284 Å². The number of carbonyl (C=O) groups is 3. The van der Waals surface area contributed by atoms with E-state index in [2.05, 4.69) is 57.2 Å². The van der Waals surface area contributed by atoms with Crippen LogP contribution in [0.5, 0.6) is 0 Å². The number of phosphoric ester groups is 1. The van der Waals surface area contributed by atoms with Gasteiger partial charge < -0.3 is 89.1 Å². The number of hydrogen-bond donors (Lipinski definition) is 11. The third kappa shape index (κ3) is 38.7. The second-order valence-electron chi connectivity index (χ2n) is 27.3. The van der Waals surface area contributed by atoms with Crippen molar-refractivity contribution in [1.82, 2.24) is 0 Å². The molecule has 24 nitrogen and oxygen atoms in total. The lowest BCUT2D eigenvalue weighted by molar-refractivity contribution is -0.360. The zero-order valence-corrected chi connectivity index (χ0v) is 61.2. The zero-order chi connectivity index (χ0) is 72.5. The van der Waals surface area contributed by atoms with Gasteiger partial charge in [0, 0.05) is 19.3 Å². The number of allylic oxidation sites excluding steroid dienone is 6. The van der Waals surface area contributed by atoms with E-state index in [1.165, 1.54) is 89.9 Å². The predicted octanol–water partition coefficient (Wildman–Crippen LogP) is 10.7. The van der Waals surface area contributed by atoms with Crippen molar-refractivity contribution < 1.29 is 117 Å². The Labute approximate surface area is 591 Å². The SMILES string of the molecule is CCCCCC/C=C\CCCCCCCCCC(=O)OCC(COP(=O)(O)OC1C(OC2OC(CO)C(O)C(O)C2O)C(O)C(O)C(O)C1OC1OC(COC(=O)CCCCC/C=C\CCCCCCCCC)C(O)C(O)C1O)OC(=O)CCCCCCCCC/C=C\CCCCCC. The lowest BCUT2D eigenvalue weighted by Gasteiger charge is -2.49. The molecule has 3 rings (SSSR count). The second-order valence-corrected chi connectivity index (χ2v) is 28.8. The van der Waals surface area contributed by atoms with Crippen molar-refractivity contribution in [2.45, 2.75) is 388 Å². The molecule has 1 saturated carbocycles. The van der Waals surface area contributed by atoms with Gasteiger partial charge in [0.25, 0.3) is 0 Å². The van der Waals surface area contributed by atoms with E-state index in [-0.39, 0.29) is 19.3 Å². The van der Waals surface area contributed by atoms with Crippen LogP contribution in [0.4, 0.5) is 0 Å². The summed E-state index contributed by atoms with van der Waals surface area (Å²) in [6, 6.07) is 0. The van der Waals surface area contributed by atoms with E-state index >= 15 is 0 Å². The summed E-state index contributed by atoms with van der Waals surface area (Å²) in [5.41, 5.74) is 0. The van der Waals surface area contributed by atoms with E-state index in [4.69, 9.17) is 42.2 Å². The molecule has 0 bridgehead atoms. The maximum absolute atomic E-state index is 14.3. The van der Waals surface area contributed by atoms with Gasteiger partial charge >= 0.3 is 25.7 Å². The number of esters is 3. The molecule has 1 aliphatic carbocycles. The van der Waals surface area contributed by atoms with Crippen LogP contribution in [0.25, 0.3) is 0 Å². The molecule has 0 amide bonds. The molecule has 578 valence electrons. The minimum Gasteiger partial charge on any atom is -0.463 e. The maximum Gasteiger partial charge on any atom is 0.472 e. The van der Waals surface area contributed by atoms with Gasteiger partial charge in [0.05, 0.1) is 13.2 Å². The summed E-state index contributed by atoms with van der Waals surface area (Å²) in [6.45, 7) is 3.40. The highest BCUT2D eigenvalue weighted by molar-refractivity contribution is 7.47. The fourth-order valence-electron chi connectivity index (χ4n) is 12.3. The van der Waals surface area contributed by atoms with Gasteiger partial charge in [0.15, 0.2) is 18.7 Å². The Kier molecular flexibility index (Phi) is 50.8. The molecule has 0 spiro atoms. The summed E-state index contributed by atoms with van der Waals surface area (Å²) in [4.78, 5) is 51.0. The van der Waals surface area contributed by atoms with Crippen LogP contribution >= 0.6 is 7.82 Å². The van der Waals surface area contributed by atoms with Crippen LogP contribution in [0.15, 0.2) is 36.5 Å². The van der Waals surface area contributed by atoms with E-state index in [1.807, 2.05) is 0 Å². The molecule has 3 aliphatic rings. The average Bonchev–Trinajstić information content (AvgIpc) is 0.763. The number of hydrogen-bond acceptors (Lipinski definition) is 23. The molecule has 3 fully saturated rings. The monoisotopic (exact) mass is 1440 g/mol. The van der Waals surface area contributed by atoms with E-state index in [1.54, 1.807) is 0 Å². The molecule has 11 N–H and O–H groups in total. The van der Waals surface area contributed by atoms with Gasteiger partial charge in [-0.3, -0.25) is 23.4 Å². The van der Waals surface area contributed by atoms with Crippen molar-refractivity contribution in [2.75, 3.05) is 26.4 Å². The van der Waals surface area contributed by atoms with Gasteiger partial charge in [0.2, 0.25) is 0 Å². The lowest BCUT2D eigenvalue weighted by Crippen LogP contribution is -2.69. The van der Waals surface area contributed by atoms with Crippen LogP contribution in [0.2, 0.25) is 0 Å². The van der Waals surface area contributed by atoms with Crippen LogP contribution in [-0.4, -0.2) is 204 Å². The van der Waals surface area contributed by atoms with Crippen molar-refractivity contribution in [3.05, 3.63) is 36.5 Å². The first-order chi connectivity index (χ1) is 47.8. The van der Waals surface area contributed by atoms with Crippen molar-refractivity contribution in [2.24, 2.45) is 0 Å². The Morgan fingerprint density at radius 3 is 1.11 bits per heavy atom. The molecule has 2 aliphatic heterocycles. The normalized spacial score (nSPS) is 27.7. The molecule has 0 aromatic carbocycles. The highest BCUT2D eigenvalue weighted by Gasteiger charge is 2.58. The predicted molar refractivity (Wildman–Crippen MR) is 374 cm³/mol. The summed E-state index contributed by atoms with van der Waals surface area (Å²) < 4.78 is 65.0. The number of carbonyl (C=O) groups excluding carboxylic acids is 3. The smallest absolute Gasteiger partial charge is 0.463 e. The van der Waals surface area contributed by atoms with E-state index in [0.29, 0.717) is 19.3 Å². The zero-order valence-electron chi connectivity index (χ0n) is 60.3. The average molecular weight is 1440 g/mol. The highest BCUT2D eigenvalue weighted by Crippen LogP contribution is 2.49. The van der Waals surface area contributed by atoms with Crippen molar-refractivity contribution in [3.8, 4) is 0 Å². The minimum atomic E-state index is -5.70. The maximum atomic E-state index is 14.3. The van der Waals surface area contributed by atoms with Crippen LogP contribution < -0.4 is 0 Å².